The molecule has 0 atom stereocenters. The summed E-state index contributed by atoms with van der Waals surface area (Å²) in [6.45, 7) is 3.71. The lowest BCUT2D eigenvalue weighted by molar-refractivity contribution is -0.133. The number of hydrogen-bond donors (Lipinski definition) is 1. The number of anilines is 1. The van der Waals surface area contributed by atoms with Crippen LogP contribution in [0.4, 0.5) is 5.82 Å². The molecule has 2 aromatic heterocycles. The van der Waals surface area contributed by atoms with Crippen LogP contribution in [0.5, 0.6) is 0 Å². The second kappa shape index (κ2) is 8.56. The molecule has 158 valence electrons. The molecular weight excluding hydrogens is 408 g/mol. The van der Waals surface area contributed by atoms with Crippen molar-refractivity contribution in [2.24, 2.45) is 0 Å². The molecule has 4 aromatic rings. The van der Waals surface area contributed by atoms with Crippen LogP contribution < -0.4 is 5.73 Å². The highest BCUT2D eigenvalue weighted by molar-refractivity contribution is 7.18. The Morgan fingerprint density at radius 3 is 2.48 bits per heavy atom. The molecule has 2 N–H and O–H groups in total. The van der Waals surface area contributed by atoms with E-state index in [2.05, 4.69) is 25.9 Å². The fourth-order valence-corrected chi connectivity index (χ4v) is 4.94. The maximum absolute atomic E-state index is 12.7. The molecule has 8 heteroatoms. The second-order valence-corrected chi connectivity index (χ2v) is 8.89. The van der Waals surface area contributed by atoms with Gasteiger partial charge in [0.1, 0.15) is 11.6 Å². The van der Waals surface area contributed by atoms with E-state index in [-0.39, 0.29) is 5.91 Å². The van der Waals surface area contributed by atoms with Crippen LogP contribution in [0.25, 0.3) is 21.1 Å². The number of benzene rings is 2. The Morgan fingerprint density at radius 1 is 0.935 bits per heavy atom. The topological polar surface area (TPSA) is 88.2 Å². The number of para-hydroxylation sites is 2. The van der Waals surface area contributed by atoms with E-state index in [1.54, 1.807) is 11.3 Å². The van der Waals surface area contributed by atoms with Gasteiger partial charge in [0.15, 0.2) is 0 Å². The summed E-state index contributed by atoms with van der Waals surface area (Å²) in [6.07, 6.45) is 1.20. The lowest BCUT2D eigenvalue weighted by Crippen LogP contribution is -2.48. The zero-order valence-electron chi connectivity index (χ0n) is 17.2. The molecule has 1 fully saturated rings. The summed E-state index contributed by atoms with van der Waals surface area (Å²) in [7, 11) is 0. The standard InChI is InChI=1S/C23H24N6OS/c24-23-16-5-1-2-6-17(16)25-20(27-23)15-28-11-13-29(14-12-28)22(30)10-9-21-26-18-7-3-4-8-19(18)31-21/h1-8H,9-15H2,(H2,24,25,27). The van der Waals surface area contributed by atoms with Crippen molar-refractivity contribution in [1.29, 1.82) is 0 Å². The molecule has 2 aromatic carbocycles. The molecule has 0 radical (unpaired) electrons. The monoisotopic (exact) mass is 432 g/mol. The third-order valence-corrected chi connectivity index (χ3v) is 6.76. The second-order valence-electron chi connectivity index (χ2n) is 7.77. The fraction of sp³-hybridized carbons (Fsp3) is 0.304. The molecular formula is C23H24N6OS. The lowest BCUT2D eigenvalue weighted by atomic mass is 10.2. The molecule has 0 spiro atoms. The van der Waals surface area contributed by atoms with Crippen molar-refractivity contribution >= 4 is 44.2 Å². The third kappa shape index (κ3) is 4.35. The molecule has 0 unspecified atom stereocenters. The smallest absolute Gasteiger partial charge is 0.223 e. The van der Waals surface area contributed by atoms with E-state index in [9.17, 15) is 4.79 Å². The zero-order chi connectivity index (χ0) is 21.2. The van der Waals surface area contributed by atoms with Crippen molar-refractivity contribution in [2.75, 3.05) is 31.9 Å². The van der Waals surface area contributed by atoms with Crippen LogP contribution in [0.2, 0.25) is 0 Å². The van der Waals surface area contributed by atoms with E-state index in [0.717, 1.165) is 53.4 Å². The van der Waals surface area contributed by atoms with Crippen LogP contribution in [0.3, 0.4) is 0 Å². The summed E-state index contributed by atoms with van der Waals surface area (Å²) in [4.78, 5) is 30.7. The summed E-state index contributed by atoms with van der Waals surface area (Å²) < 4.78 is 1.18. The predicted molar refractivity (Wildman–Crippen MR) is 124 cm³/mol. The molecule has 31 heavy (non-hydrogen) atoms. The number of amides is 1. The number of nitrogens with zero attached hydrogens (tertiary/aromatic N) is 5. The van der Waals surface area contributed by atoms with Gasteiger partial charge in [-0.2, -0.15) is 0 Å². The number of carbonyl (C=O) groups excluding carboxylic acids is 1. The van der Waals surface area contributed by atoms with E-state index in [4.69, 9.17) is 5.73 Å². The van der Waals surface area contributed by atoms with Crippen LogP contribution in [0, 0.1) is 0 Å². The van der Waals surface area contributed by atoms with E-state index in [1.807, 2.05) is 47.4 Å². The van der Waals surface area contributed by atoms with Crippen molar-refractivity contribution in [3.8, 4) is 0 Å². The van der Waals surface area contributed by atoms with E-state index in [0.29, 0.717) is 25.2 Å². The van der Waals surface area contributed by atoms with Gasteiger partial charge in [-0.25, -0.2) is 15.0 Å². The highest BCUT2D eigenvalue weighted by Crippen LogP contribution is 2.23. The number of thiazole rings is 1. The highest BCUT2D eigenvalue weighted by Gasteiger charge is 2.22. The fourth-order valence-electron chi connectivity index (χ4n) is 3.98. The minimum atomic E-state index is 0.199. The van der Waals surface area contributed by atoms with Crippen molar-refractivity contribution in [1.82, 2.24) is 24.8 Å². The van der Waals surface area contributed by atoms with E-state index in [1.165, 1.54) is 4.70 Å². The molecule has 7 nitrogen and oxygen atoms in total. The predicted octanol–water partition coefficient (Wildman–Crippen LogP) is 3.10. The summed E-state index contributed by atoms with van der Waals surface area (Å²) in [5.74, 6) is 1.45. The van der Waals surface area contributed by atoms with Crippen LogP contribution >= 0.6 is 11.3 Å². The zero-order valence-corrected chi connectivity index (χ0v) is 18.0. The van der Waals surface area contributed by atoms with Gasteiger partial charge in [-0.1, -0.05) is 24.3 Å². The normalized spacial score (nSPS) is 15.0. The first-order chi connectivity index (χ1) is 15.2. The Hall–Kier alpha value is -3.10. The third-order valence-electron chi connectivity index (χ3n) is 5.66. The average molecular weight is 433 g/mol. The molecule has 0 bridgehead atoms. The Labute approximate surface area is 184 Å². The Bertz CT molecular complexity index is 1200. The molecule has 3 heterocycles. The van der Waals surface area contributed by atoms with Gasteiger partial charge in [-0.3, -0.25) is 9.69 Å². The molecule has 0 saturated carbocycles. The van der Waals surface area contributed by atoms with Gasteiger partial charge >= 0.3 is 0 Å². The largest absolute Gasteiger partial charge is 0.383 e. The Balaban J connectivity index is 1.14. The Kier molecular flexibility index (Phi) is 5.48. The SMILES string of the molecule is Nc1nc(CN2CCN(C(=O)CCc3nc4ccccc4s3)CC2)nc2ccccc12. The highest BCUT2D eigenvalue weighted by atomic mass is 32.1. The quantitative estimate of drug-likeness (QED) is 0.521. The van der Waals surface area contributed by atoms with Gasteiger partial charge < -0.3 is 10.6 Å². The molecule has 1 aliphatic heterocycles. The number of nitrogens with two attached hydrogens (primary N) is 1. The summed E-state index contributed by atoms with van der Waals surface area (Å²) in [6, 6.07) is 15.9. The minimum Gasteiger partial charge on any atom is -0.383 e. The molecule has 0 aliphatic carbocycles. The Morgan fingerprint density at radius 2 is 1.68 bits per heavy atom. The minimum absolute atomic E-state index is 0.199. The number of carbonyl (C=O) groups is 1. The first-order valence-electron chi connectivity index (χ1n) is 10.5. The summed E-state index contributed by atoms with van der Waals surface area (Å²) >= 11 is 1.68. The first-order valence-corrected chi connectivity index (χ1v) is 11.3. The van der Waals surface area contributed by atoms with Crippen molar-refractivity contribution < 1.29 is 4.79 Å². The van der Waals surface area contributed by atoms with Crippen LogP contribution in [-0.4, -0.2) is 56.8 Å². The van der Waals surface area contributed by atoms with E-state index >= 15 is 0 Å². The van der Waals surface area contributed by atoms with E-state index < -0.39 is 0 Å². The van der Waals surface area contributed by atoms with Crippen LogP contribution in [0.15, 0.2) is 48.5 Å². The van der Waals surface area contributed by atoms with Gasteiger partial charge in [0, 0.05) is 44.4 Å². The van der Waals surface area contributed by atoms with Gasteiger partial charge in [0.25, 0.3) is 0 Å². The summed E-state index contributed by atoms with van der Waals surface area (Å²) in [5.41, 5.74) is 7.99. The van der Waals surface area contributed by atoms with Gasteiger partial charge in [0.05, 0.1) is 27.3 Å². The maximum Gasteiger partial charge on any atom is 0.223 e. The maximum atomic E-state index is 12.7. The first kappa shape index (κ1) is 19.8. The molecule has 1 amide bonds. The van der Waals surface area contributed by atoms with Crippen molar-refractivity contribution in [3.05, 3.63) is 59.4 Å². The van der Waals surface area contributed by atoms with Crippen LogP contribution in [-0.2, 0) is 17.8 Å². The van der Waals surface area contributed by atoms with Crippen molar-refractivity contribution in [3.63, 3.8) is 0 Å². The van der Waals surface area contributed by atoms with Gasteiger partial charge in [-0.15, -0.1) is 11.3 Å². The van der Waals surface area contributed by atoms with Crippen molar-refractivity contribution in [2.45, 2.75) is 19.4 Å². The molecule has 5 rings (SSSR count). The lowest BCUT2D eigenvalue weighted by Gasteiger charge is -2.34. The number of piperazine rings is 1. The number of fused-ring (bicyclic) bond motifs is 2. The number of aryl methyl sites for hydroxylation is 1. The number of rotatable bonds is 5. The van der Waals surface area contributed by atoms with Gasteiger partial charge in [0.2, 0.25) is 5.91 Å². The van der Waals surface area contributed by atoms with Gasteiger partial charge in [-0.05, 0) is 24.3 Å². The number of aromatic nitrogens is 3. The molecule has 1 aliphatic rings. The van der Waals surface area contributed by atoms with Crippen LogP contribution in [0.1, 0.15) is 17.3 Å². The number of nitrogen functional groups attached to an aromatic ring is 1. The number of hydrogen-bond acceptors (Lipinski definition) is 7. The molecule has 1 saturated heterocycles. The average Bonchev–Trinajstić information content (AvgIpc) is 3.21. The summed E-state index contributed by atoms with van der Waals surface area (Å²) in [5, 5.41) is 1.91.